The summed E-state index contributed by atoms with van der Waals surface area (Å²) < 4.78 is 5.45. The number of carboxylic acid groups (broad SMARTS) is 1. The summed E-state index contributed by atoms with van der Waals surface area (Å²) in [6.45, 7) is 6.14. The summed E-state index contributed by atoms with van der Waals surface area (Å²) in [6.07, 6.45) is 5.99. The summed E-state index contributed by atoms with van der Waals surface area (Å²) in [7, 11) is 0. The Morgan fingerprint density at radius 1 is 1.45 bits per heavy atom. The summed E-state index contributed by atoms with van der Waals surface area (Å²) >= 11 is 0. The molecule has 6 heteroatoms. The monoisotopic (exact) mass is 308 g/mol. The zero-order chi connectivity index (χ0) is 16.3. The molecule has 2 aliphatic rings. The Kier molecular flexibility index (Phi) is 4.78. The smallest absolute Gasteiger partial charge is 0.415 e. The van der Waals surface area contributed by atoms with Crippen molar-refractivity contribution in [2.24, 2.45) is 0 Å². The van der Waals surface area contributed by atoms with Crippen LogP contribution in [0.15, 0.2) is 23.5 Å². The molecule has 22 heavy (non-hydrogen) atoms. The van der Waals surface area contributed by atoms with E-state index in [0.717, 1.165) is 24.2 Å². The fourth-order valence-corrected chi connectivity index (χ4v) is 2.57. The predicted octanol–water partition coefficient (Wildman–Crippen LogP) is 2.62. The van der Waals surface area contributed by atoms with Crippen molar-refractivity contribution in [2.75, 3.05) is 6.54 Å². The number of nitrogens with one attached hydrogen (secondary N) is 1. The van der Waals surface area contributed by atoms with Crippen LogP contribution < -0.4 is 5.32 Å². The van der Waals surface area contributed by atoms with Gasteiger partial charge in [0.1, 0.15) is 11.4 Å². The normalized spacial score (nSPS) is 21.2. The molecule has 0 saturated heterocycles. The van der Waals surface area contributed by atoms with Crippen molar-refractivity contribution in [3.8, 4) is 0 Å². The van der Waals surface area contributed by atoms with Gasteiger partial charge >= 0.3 is 12.1 Å². The number of amides is 1. The molecule has 2 aliphatic heterocycles. The van der Waals surface area contributed by atoms with Crippen molar-refractivity contribution in [3.63, 3.8) is 0 Å². The number of hydrogen-bond donors (Lipinski definition) is 2. The number of carboxylic acids is 1. The summed E-state index contributed by atoms with van der Waals surface area (Å²) in [5.41, 5.74) is 0.534. The van der Waals surface area contributed by atoms with Gasteiger partial charge < -0.3 is 15.2 Å². The van der Waals surface area contributed by atoms with E-state index in [1.807, 2.05) is 32.9 Å². The van der Waals surface area contributed by atoms with E-state index in [9.17, 15) is 9.59 Å². The number of nitrogens with zero attached hydrogens (tertiary/aromatic N) is 1. The van der Waals surface area contributed by atoms with E-state index in [-0.39, 0.29) is 18.6 Å². The number of hydrogen-bond acceptors (Lipinski definition) is 4. The van der Waals surface area contributed by atoms with E-state index in [4.69, 9.17) is 9.84 Å². The lowest BCUT2D eigenvalue weighted by Gasteiger charge is -2.36. The van der Waals surface area contributed by atoms with E-state index in [0.29, 0.717) is 13.0 Å². The number of aliphatic carboxylic acids is 1. The molecule has 0 unspecified atom stereocenters. The zero-order valence-electron chi connectivity index (χ0n) is 13.4. The quantitative estimate of drug-likeness (QED) is 0.838. The van der Waals surface area contributed by atoms with Gasteiger partial charge in [0.05, 0.1) is 0 Å². The van der Waals surface area contributed by atoms with Gasteiger partial charge in [-0.25, -0.2) is 4.79 Å². The number of ether oxygens (including phenoxy) is 1. The summed E-state index contributed by atoms with van der Waals surface area (Å²) in [6, 6.07) is -0.0714. The Morgan fingerprint density at radius 3 is 2.82 bits per heavy atom. The molecule has 2 rings (SSSR count). The summed E-state index contributed by atoms with van der Waals surface area (Å²) in [4.78, 5) is 24.7. The predicted molar refractivity (Wildman–Crippen MR) is 82.1 cm³/mol. The van der Waals surface area contributed by atoms with Crippen molar-refractivity contribution < 1.29 is 19.4 Å². The third-order valence-electron chi connectivity index (χ3n) is 3.54. The van der Waals surface area contributed by atoms with Crippen LogP contribution in [0.25, 0.3) is 0 Å². The molecule has 2 heterocycles. The van der Waals surface area contributed by atoms with Crippen LogP contribution in [0.5, 0.6) is 0 Å². The molecule has 0 aromatic carbocycles. The molecular weight excluding hydrogens is 284 g/mol. The highest BCUT2D eigenvalue weighted by Gasteiger charge is 2.31. The molecule has 1 amide bonds. The molecule has 0 radical (unpaired) electrons. The zero-order valence-corrected chi connectivity index (χ0v) is 13.4. The molecule has 122 valence electrons. The molecule has 2 N–H and O–H groups in total. The Balaban J connectivity index is 2.08. The van der Waals surface area contributed by atoms with Gasteiger partial charge in [-0.3, -0.25) is 9.69 Å². The van der Waals surface area contributed by atoms with Crippen LogP contribution in [0.2, 0.25) is 0 Å². The Bertz CT molecular complexity index is 517. The van der Waals surface area contributed by atoms with E-state index < -0.39 is 11.6 Å². The summed E-state index contributed by atoms with van der Waals surface area (Å²) in [5.74, 6) is -0.0546. The van der Waals surface area contributed by atoms with Crippen LogP contribution in [0.4, 0.5) is 4.79 Å². The second-order valence-corrected chi connectivity index (χ2v) is 6.65. The first-order chi connectivity index (χ1) is 10.3. The molecule has 1 atom stereocenters. The molecule has 0 aliphatic carbocycles. The topological polar surface area (TPSA) is 78.9 Å². The molecule has 0 aromatic rings. The SMILES string of the molecule is CC(C)(C)OC(=O)N1CCCC2=C1N[C@@H](CCC(=O)O)C=C2. The van der Waals surface area contributed by atoms with Crippen LogP contribution in [0.1, 0.15) is 46.5 Å². The second kappa shape index (κ2) is 6.42. The average molecular weight is 308 g/mol. The number of carbonyl (C=O) groups is 2. The third-order valence-corrected chi connectivity index (χ3v) is 3.54. The van der Waals surface area contributed by atoms with Crippen LogP contribution in [0.3, 0.4) is 0 Å². The largest absolute Gasteiger partial charge is 0.481 e. The first-order valence-electron chi connectivity index (χ1n) is 7.66. The molecule has 0 fully saturated rings. The number of allylic oxidation sites excluding steroid dienone is 2. The number of dihydropyridines is 1. The van der Waals surface area contributed by atoms with Gasteiger partial charge in [0.25, 0.3) is 0 Å². The van der Waals surface area contributed by atoms with E-state index in [2.05, 4.69) is 5.32 Å². The van der Waals surface area contributed by atoms with Gasteiger partial charge in [0.2, 0.25) is 0 Å². The minimum Gasteiger partial charge on any atom is -0.481 e. The van der Waals surface area contributed by atoms with Gasteiger partial charge in [-0.15, -0.1) is 0 Å². The Hall–Kier alpha value is -1.98. The molecule has 0 aromatic heterocycles. The lowest BCUT2D eigenvalue weighted by atomic mass is 9.99. The van der Waals surface area contributed by atoms with E-state index >= 15 is 0 Å². The molecule has 0 saturated carbocycles. The average Bonchev–Trinajstić information content (AvgIpc) is 2.42. The lowest BCUT2D eigenvalue weighted by molar-refractivity contribution is -0.137. The lowest BCUT2D eigenvalue weighted by Crippen LogP contribution is -2.46. The van der Waals surface area contributed by atoms with Gasteiger partial charge in [0, 0.05) is 19.0 Å². The molecule has 6 nitrogen and oxygen atoms in total. The maximum atomic E-state index is 12.4. The van der Waals surface area contributed by atoms with Crippen molar-refractivity contribution in [3.05, 3.63) is 23.5 Å². The minimum atomic E-state index is -0.817. The summed E-state index contributed by atoms with van der Waals surface area (Å²) in [5, 5.41) is 12.1. The Morgan fingerprint density at radius 2 is 2.18 bits per heavy atom. The van der Waals surface area contributed by atoms with Crippen molar-refractivity contribution in [1.29, 1.82) is 0 Å². The van der Waals surface area contributed by atoms with Gasteiger partial charge in [0.15, 0.2) is 0 Å². The van der Waals surface area contributed by atoms with Crippen molar-refractivity contribution in [1.82, 2.24) is 10.2 Å². The molecule has 0 bridgehead atoms. The highest BCUT2D eigenvalue weighted by atomic mass is 16.6. The highest BCUT2D eigenvalue weighted by Crippen LogP contribution is 2.27. The molecular formula is C16H24N2O4. The van der Waals surface area contributed by atoms with Gasteiger partial charge in [-0.05, 0) is 45.6 Å². The van der Waals surface area contributed by atoms with Crippen molar-refractivity contribution in [2.45, 2.75) is 58.1 Å². The minimum absolute atomic E-state index is 0.0714. The standard InChI is InChI=1S/C16H24N2O4/c1-16(2,3)22-15(21)18-10-4-5-11-6-7-12(17-14(11)18)8-9-13(19)20/h6-7,12,17H,4-5,8-10H2,1-3H3,(H,19,20)/t12-/m1/s1. The van der Waals surface area contributed by atoms with Gasteiger partial charge in [-0.1, -0.05) is 12.2 Å². The van der Waals surface area contributed by atoms with Crippen LogP contribution in [-0.2, 0) is 9.53 Å². The number of rotatable bonds is 3. The van der Waals surface area contributed by atoms with Crippen LogP contribution in [-0.4, -0.2) is 40.3 Å². The van der Waals surface area contributed by atoms with E-state index in [1.165, 1.54) is 0 Å². The fraction of sp³-hybridized carbons (Fsp3) is 0.625. The first-order valence-corrected chi connectivity index (χ1v) is 7.66. The van der Waals surface area contributed by atoms with E-state index in [1.54, 1.807) is 4.90 Å². The number of carbonyl (C=O) groups excluding carboxylic acids is 1. The molecule has 0 spiro atoms. The third kappa shape index (κ3) is 4.26. The highest BCUT2D eigenvalue weighted by molar-refractivity contribution is 5.71. The maximum Gasteiger partial charge on any atom is 0.415 e. The van der Waals surface area contributed by atoms with Crippen LogP contribution >= 0.6 is 0 Å². The maximum absolute atomic E-state index is 12.4. The second-order valence-electron chi connectivity index (χ2n) is 6.65. The van der Waals surface area contributed by atoms with Gasteiger partial charge in [-0.2, -0.15) is 0 Å². The fourth-order valence-electron chi connectivity index (χ4n) is 2.57. The van der Waals surface area contributed by atoms with Crippen LogP contribution in [0, 0.1) is 0 Å². The first kappa shape index (κ1) is 16.4. The van der Waals surface area contributed by atoms with Crippen molar-refractivity contribution >= 4 is 12.1 Å². The Labute approximate surface area is 130 Å².